The largest absolute Gasteiger partial charge is 0.403 e. The minimum absolute atomic E-state index is 0.852. The third-order valence-corrected chi connectivity index (χ3v) is 3.25. The maximum Gasteiger partial charge on any atom is 0.0895 e. The van der Waals surface area contributed by atoms with Crippen molar-refractivity contribution in [3.63, 3.8) is 0 Å². The van der Waals surface area contributed by atoms with Gasteiger partial charge in [-0.1, -0.05) is 13.8 Å². The van der Waals surface area contributed by atoms with Gasteiger partial charge in [0, 0.05) is 32.0 Å². The van der Waals surface area contributed by atoms with E-state index in [4.69, 9.17) is 11.5 Å². The zero-order chi connectivity index (χ0) is 13.7. The molecule has 18 heavy (non-hydrogen) atoms. The Hall–Kier alpha value is -1.58. The lowest BCUT2D eigenvalue weighted by atomic mass is 10.1. The molecule has 0 unspecified atom stereocenters. The number of likely N-dealkylation sites (tertiary alicyclic amines) is 1. The number of anilines is 1. The number of rotatable bonds is 3. The van der Waals surface area contributed by atoms with Crippen LogP contribution in [0.3, 0.4) is 0 Å². The molecule has 102 valence electrons. The first-order valence-corrected chi connectivity index (χ1v) is 6.81. The number of aromatic nitrogens is 1. The van der Waals surface area contributed by atoms with Crippen molar-refractivity contribution < 1.29 is 0 Å². The van der Waals surface area contributed by atoms with Crippen molar-refractivity contribution in [2.45, 2.75) is 40.7 Å². The molecule has 0 radical (unpaired) electrons. The Kier molecular flexibility index (Phi) is 5.13. The molecule has 4 nitrogen and oxygen atoms in total. The normalized spacial score (nSPS) is 14.9. The predicted molar refractivity (Wildman–Crippen MR) is 79.0 cm³/mol. The topological polar surface area (TPSA) is 60.2 Å². The number of nitrogens with two attached hydrogens (primary N) is 2. The van der Waals surface area contributed by atoms with Crippen molar-refractivity contribution in [2.75, 3.05) is 18.8 Å². The summed E-state index contributed by atoms with van der Waals surface area (Å²) in [5.41, 5.74) is 16.0. The van der Waals surface area contributed by atoms with E-state index in [1.54, 1.807) is 6.20 Å². The first kappa shape index (κ1) is 14.5. The number of nitrogen functional groups attached to an aromatic ring is 1. The highest BCUT2D eigenvalue weighted by Crippen LogP contribution is 2.31. The van der Waals surface area contributed by atoms with Crippen LogP contribution in [0, 0.1) is 6.92 Å². The van der Waals surface area contributed by atoms with Gasteiger partial charge in [0.2, 0.25) is 0 Å². The summed E-state index contributed by atoms with van der Waals surface area (Å²) in [7, 11) is 0. The van der Waals surface area contributed by atoms with Crippen molar-refractivity contribution in [1.82, 2.24) is 9.47 Å². The van der Waals surface area contributed by atoms with Crippen molar-refractivity contribution in [1.29, 1.82) is 0 Å². The van der Waals surface area contributed by atoms with Gasteiger partial charge in [-0.3, -0.25) is 0 Å². The predicted octanol–water partition coefficient (Wildman–Crippen LogP) is 2.39. The quantitative estimate of drug-likeness (QED) is 0.866. The first-order valence-electron chi connectivity index (χ1n) is 6.81. The van der Waals surface area contributed by atoms with Crippen molar-refractivity contribution in [3.8, 4) is 0 Å². The monoisotopic (exact) mass is 250 g/mol. The second-order valence-electron chi connectivity index (χ2n) is 4.25. The Balaban J connectivity index is 0.000000771. The molecule has 1 saturated heterocycles. The van der Waals surface area contributed by atoms with Crippen molar-refractivity contribution in [2.24, 2.45) is 5.73 Å². The van der Waals surface area contributed by atoms with Crippen molar-refractivity contribution >= 4 is 11.4 Å². The molecule has 1 aliphatic heterocycles. The molecule has 2 heterocycles. The lowest BCUT2D eigenvalue weighted by Gasteiger charge is -2.35. The molecule has 0 amide bonds. The highest BCUT2D eigenvalue weighted by atomic mass is 15.2. The minimum atomic E-state index is 0.852. The fourth-order valence-corrected chi connectivity index (χ4v) is 2.14. The molecule has 0 spiro atoms. The Morgan fingerprint density at radius 3 is 2.39 bits per heavy atom. The maximum absolute atomic E-state index is 6.13. The highest BCUT2D eigenvalue weighted by Gasteiger charge is 2.23. The van der Waals surface area contributed by atoms with Gasteiger partial charge in [-0.15, -0.1) is 0 Å². The Bertz CT molecular complexity index is 414. The summed E-state index contributed by atoms with van der Waals surface area (Å²) in [4.78, 5) is 2.28. The van der Waals surface area contributed by atoms with E-state index in [0.717, 1.165) is 42.3 Å². The van der Waals surface area contributed by atoms with Crippen LogP contribution >= 0.6 is 0 Å². The average Bonchev–Trinajstić information content (AvgIpc) is 2.62. The third-order valence-electron chi connectivity index (χ3n) is 3.25. The summed E-state index contributed by atoms with van der Waals surface area (Å²) in [6.45, 7) is 11.2. The van der Waals surface area contributed by atoms with Gasteiger partial charge in [0.1, 0.15) is 0 Å². The molecular weight excluding hydrogens is 224 g/mol. The van der Waals surface area contributed by atoms with E-state index in [1.165, 1.54) is 6.42 Å². The second-order valence-corrected chi connectivity index (χ2v) is 4.25. The zero-order valence-electron chi connectivity index (χ0n) is 12.0. The average molecular weight is 250 g/mol. The van der Waals surface area contributed by atoms with Gasteiger partial charge in [0.05, 0.1) is 17.1 Å². The smallest absolute Gasteiger partial charge is 0.0895 e. The lowest BCUT2D eigenvalue weighted by Crippen LogP contribution is -2.36. The minimum Gasteiger partial charge on any atom is -0.403 e. The van der Waals surface area contributed by atoms with E-state index >= 15 is 0 Å². The Morgan fingerprint density at radius 1 is 1.39 bits per heavy atom. The van der Waals surface area contributed by atoms with Gasteiger partial charge < -0.3 is 20.9 Å². The van der Waals surface area contributed by atoms with Crippen LogP contribution in [0.4, 0.5) is 5.69 Å². The van der Waals surface area contributed by atoms with Gasteiger partial charge >= 0.3 is 0 Å². The SMILES string of the molecule is CC.CCn1cc(C)c(N)c1/C(=C\N)N1CCC1. The van der Waals surface area contributed by atoms with Gasteiger partial charge in [-0.2, -0.15) is 0 Å². The number of hydrogen-bond donors (Lipinski definition) is 2. The fourth-order valence-electron chi connectivity index (χ4n) is 2.14. The summed E-state index contributed by atoms with van der Waals surface area (Å²) in [6.07, 6.45) is 5.01. The van der Waals surface area contributed by atoms with Crippen LogP contribution in [-0.2, 0) is 6.54 Å². The number of nitrogens with zero attached hydrogens (tertiary/aromatic N) is 2. The molecule has 2 rings (SSSR count). The van der Waals surface area contributed by atoms with E-state index in [9.17, 15) is 0 Å². The molecule has 0 aromatic carbocycles. The molecule has 0 atom stereocenters. The molecule has 1 aromatic heterocycles. The summed E-state index contributed by atoms with van der Waals surface area (Å²) in [5, 5.41) is 0. The van der Waals surface area contributed by atoms with Gasteiger partial charge in [0.25, 0.3) is 0 Å². The second kappa shape index (κ2) is 6.38. The van der Waals surface area contributed by atoms with Crippen LogP contribution in [0.5, 0.6) is 0 Å². The maximum atomic E-state index is 6.13. The van der Waals surface area contributed by atoms with Crippen LogP contribution in [0.2, 0.25) is 0 Å². The van der Waals surface area contributed by atoms with E-state index in [0.29, 0.717) is 0 Å². The van der Waals surface area contributed by atoms with Crippen LogP contribution < -0.4 is 11.5 Å². The molecule has 1 fully saturated rings. The summed E-state index contributed by atoms with van der Waals surface area (Å²) in [5.74, 6) is 0. The number of aryl methyl sites for hydroxylation is 2. The molecule has 4 heteroatoms. The van der Waals surface area contributed by atoms with Crippen LogP contribution in [0.1, 0.15) is 38.4 Å². The zero-order valence-corrected chi connectivity index (χ0v) is 12.0. The molecule has 0 saturated carbocycles. The Labute approximate surface area is 110 Å². The molecular formula is C14H26N4. The fraction of sp³-hybridized carbons (Fsp3) is 0.571. The van der Waals surface area contributed by atoms with E-state index in [1.807, 2.05) is 20.8 Å². The number of hydrogen-bond acceptors (Lipinski definition) is 3. The highest BCUT2D eigenvalue weighted by molar-refractivity contribution is 5.74. The molecule has 0 bridgehead atoms. The van der Waals surface area contributed by atoms with Gasteiger partial charge in [-0.25, -0.2) is 0 Å². The summed E-state index contributed by atoms with van der Waals surface area (Å²) in [6, 6.07) is 0. The van der Waals surface area contributed by atoms with Gasteiger partial charge in [-0.05, 0) is 25.8 Å². The molecule has 1 aromatic rings. The van der Waals surface area contributed by atoms with Gasteiger partial charge in [0.15, 0.2) is 0 Å². The Morgan fingerprint density at radius 2 is 2.00 bits per heavy atom. The molecule has 0 aliphatic carbocycles. The summed E-state index contributed by atoms with van der Waals surface area (Å²) >= 11 is 0. The molecule has 1 aliphatic rings. The lowest BCUT2D eigenvalue weighted by molar-refractivity contribution is 0.280. The molecule has 4 N–H and O–H groups in total. The van der Waals surface area contributed by atoms with E-state index in [-0.39, 0.29) is 0 Å². The van der Waals surface area contributed by atoms with Crippen LogP contribution in [0.25, 0.3) is 5.70 Å². The standard InChI is InChI=1S/C12H20N4.C2H6/c1-3-15-8-9(2)11(14)12(15)10(7-13)16-5-4-6-16;1-2/h7-8H,3-6,13-14H2,1-2H3;1-2H3/b10-7+;. The first-order chi connectivity index (χ1) is 8.69. The van der Waals surface area contributed by atoms with Crippen molar-refractivity contribution in [3.05, 3.63) is 23.7 Å². The summed E-state index contributed by atoms with van der Waals surface area (Å²) < 4.78 is 2.17. The van der Waals surface area contributed by atoms with E-state index < -0.39 is 0 Å². The third kappa shape index (κ3) is 2.47. The van der Waals surface area contributed by atoms with E-state index in [2.05, 4.69) is 22.6 Å². The van der Waals surface area contributed by atoms with Crippen LogP contribution in [-0.4, -0.2) is 22.6 Å². The van der Waals surface area contributed by atoms with Crippen LogP contribution in [0.15, 0.2) is 12.4 Å².